The predicted octanol–water partition coefficient (Wildman–Crippen LogP) is 1.60. The standard InChI is InChI=1S/C15H19FN2O2/c1-15(14(17)20)7-9-18(10-15)8-6-13(19)11-2-4-12(16)5-3-11/h2-5H,6-10H2,1H3,(H2,17,20). The molecule has 0 aliphatic carbocycles. The quantitative estimate of drug-likeness (QED) is 0.832. The Labute approximate surface area is 117 Å². The molecule has 1 aliphatic rings. The molecule has 1 atom stereocenters. The monoisotopic (exact) mass is 278 g/mol. The minimum atomic E-state index is -0.487. The second kappa shape index (κ2) is 5.71. The average Bonchev–Trinajstić information content (AvgIpc) is 2.80. The molecular weight excluding hydrogens is 259 g/mol. The average molecular weight is 278 g/mol. The number of carbonyl (C=O) groups is 2. The maximum absolute atomic E-state index is 12.8. The molecule has 0 spiro atoms. The number of nitrogens with zero attached hydrogens (tertiary/aromatic N) is 1. The maximum Gasteiger partial charge on any atom is 0.224 e. The van der Waals surface area contributed by atoms with Crippen LogP contribution in [-0.4, -0.2) is 36.2 Å². The number of carbonyl (C=O) groups excluding carboxylic acids is 2. The van der Waals surface area contributed by atoms with Crippen LogP contribution in [0.25, 0.3) is 0 Å². The molecule has 4 nitrogen and oxygen atoms in total. The molecule has 5 heteroatoms. The molecule has 1 aliphatic heterocycles. The number of hydrogen-bond donors (Lipinski definition) is 1. The van der Waals surface area contributed by atoms with E-state index in [-0.39, 0.29) is 17.5 Å². The van der Waals surface area contributed by atoms with E-state index in [1.54, 1.807) is 0 Å². The van der Waals surface area contributed by atoms with Crippen LogP contribution < -0.4 is 5.73 Å². The zero-order chi connectivity index (χ0) is 14.8. The highest BCUT2D eigenvalue weighted by atomic mass is 19.1. The van der Waals surface area contributed by atoms with Crippen LogP contribution in [0.1, 0.15) is 30.1 Å². The van der Waals surface area contributed by atoms with Gasteiger partial charge >= 0.3 is 0 Å². The minimum absolute atomic E-state index is 0.0160. The highest BCUT2D eigenvalue weighted by molar-refractivity contribution is 5.96. The summed E-state index contributed by atoms with van der Waals surface area (Å²) in [5.41, 5.74) is 5.42. The molecule has 1 saturated heterocycles. The van der Waals surface area contributed by atoms with E-state index < -0.39 is 5.41 Å². The van der Waals surface area contributed by atoms with E-state index in [0.717, 1.165) is 13.0 Å². The van der Waals surface area contributed by atoms with E-state index in [1.165, 1.54) is 24.3 Å². The van der Waals surface area contributed by atoms with Crippen LogP contribution >= 0.6 is 0 Å². The fourth-order valence-electron chi connectivity index (χ4n) is 2.49. The molecule has 2 rings (SSSR count). The van der Waals surface area contributed by atoms with Crippen molar-refractivity contribution in [3.8, 4) is 0 Å². The van der Waals surface area contributed by atoms with Crippen LogP contribution in [0, 0.1) is 11.2 Å². The molecule has 2 N–H and O–H groups in total. The third-order valence-corrected chi connectivity index (χ3v) is 3.97. The summed E-state index contributed by atoms with van der Waals surface area (Å²) in [6.45, 7) is 3.82. The summed E-state index contributed by atoms with van der Waals surface area (Å²) in [7, 11) is 0. The van der Waals surface area contributed by atoms with Crippen LogP contribution in [-0.2, 0) is 4.79 Å². The minimum Gasteiger partial charge on any atom is -0.369 e. The fourth-order valence-corrected chi connectivity index (χ4v) is 2.49. The Kier molecular flexibility index (Phi) is 4.18. The van der Waals surface area contributed by atoms with Crippen LogP contribution in [0.5, 0.6) is 0 Å². The molecule has 0 saturated carbocycles. The van der Waals surface area contributed by atoms with E-state index in [1.807, 2.05) is 6.92 Å². The molecule has 1 aromatic carbocycles. The molecule has 20 heavy (non-hydrogen) atoms. The van der Waals surface area contributed by atoms with Gasteiger partial charge in [0.2, 0.25) is 5.91 Å². The molecule has 1 aromatic rings. The van der Waals surface area contributed by atoms with Crippen molar-refractivity contribution in [1.29, 1.82) is 0 Å². The van der Waals surface area contributed by atoms with Crippen molar-refractivity contribution in [2.24, 2.45) is 11.1 Å². The van der Waals surface area contributed by atoms with E-state index in [0.29, 0.717) is 25.1 Å². The van der Waals surface area contributed by atoms with E-state index in [4.69, 9.17) is 5.73 Å². The summed E-state index contributed by atoms with van der Waals surface area (Å²) in [5.74, 6) is -0.652. The van der Waals surface area contributed by atoms with Gasteiger partial charge in [-0.1, -0.05) is 0 Å². The van der Waals surface area contributed by atoms with Gasteiger partial charge in [0.1, 0.15) is 5.82 Å². The van der Waals surface area contributed by atoms with Crippen molar-refractivity contribution in [2.75, 3.05) is 19.6 Å². The summed E-state index contributed by atoms with van der Waals surface area (Å²) in [5, 5.41) is 0. The first-order valence-electron chi connectivity index (χ1n) is 6.72. The summed E-state index contributed by atoms with van der Waals surface area (Å²) in [6.07, 6.45) is 1.09. The van der Waals surface area contributed by atoms with Gasteiger partial charge in [0.15, 0.2) is 5.78 Å². The van der Waals surface area contributed by atoms with Crippen LogP contribution in [0.3, 0.4) is 0 Å². The lowest BCUT2D eigenvalue weighted by Crippen LogP contribution is -2.37. The second-order valence-electron chi connectivity index (χ2n) is 5.63. The van der Waals surface area contributed by atoms with Crippen molar-refractivity contribution in [3.05, 3.63) is 35.6 Å². The number of likely N-dealkylation sites (tertiary alicyclic amines) is 1. The van der Waals surface area contributed by atoms with Gasteiger partial charge in [-0.05, 0) is 44.2 Å². The highest BCUT2D eigenvalue weighted by Crippen LogP contribution is 2.29. The number of amides is 1. The van der Waals surface area contributed by atoms with Crippen LogP contribution in [0.4, 0.5) is 4.39 Å². The molecule has 0 aromatic heterocycles. The Balaban J connectivity index is 1.86. The van der Waals surface area contributed by atoms with E-state index in [2.05, 4.69) is 4.90 Å². The van der Waals surface area contributed by atoms with Crippen molar-refractivity contribution in [3.63, 3.8) is 0 Å². The van der Waals surface area contributed by atoms with Gasteiger partial charge in [-0.3, -0.25) is 9.59 Å². The highest BCUT2D eigenvalue weighted by Gasteiger charge is 2.38. The van der Waals surface area contributed by atoms with E-state index in [9.17, 15) is 14.0 Å². The molecule has 1 heterocycles. The van der Waals surface area contributed by atoms with Gasteiger partial charge in [0.05, 0.1) is 5.41 Å². The third-order valence-electron chi connectivity index (χ3n) is 3.97. The van der Waals surface area contributed by atoms with Crippen LogP contribution in [0.15, 0.2) is 24.3 Å². The summed E-state index contributed by atoms with van der Waals surface area (Å²) in [6, 6.07) is 5.56. The van der Waals surface area contributed by atoms with Gasteiger partial charge in [-0.15, -0.1) is 0 Å². The number of nitrogens with two attached hydrogens (primary N) is 1. The Morgan fingerprint density at radius 2 is 2.00 bits per heavy atom. The largest absolute Gasteiger partial charge is 0.369 e. The molecule has 0 bridgehead atoms. The van der Waals surface area contributed by atoms with Gasteiger partial charge in [0, 0.05) is 25.1 Å². The van der Waals surface area contributed by atoms with Gasteiger partial charge in [-0.2, -0.15) is 0 Å². The molecular formula is C15H19FN2O2. The van der Waals surface area contributed by atoms with Gasteiger partial charge in [0.25, 0.3) is 0 Å². The third kappa shape index (κ3) is 3.22. The van der Waals surface area contributed by atoms with E-state index >= 15 is 0 Å². The number of ketones is 1. The van der Waals surface area contributed by atoms with Gasteiger partial charge < -0.3 is 10.6 Å². The first kappa shape index (κ1) is 14.7. The zero-order valence-corrected chi connectivity index (χ0v) is 11.6. The first-order valence-corrected chi connectivity index (χ1v) is 6.72. The number of Topliss-reactive ketones (excluding diaryl/α,β-unsaturated/α-hetero) is 1. The smallest absolute Gasteiger partial charge is 0.224 e. The van der Waals surface area contributed by atoms with Crippen molar-refractivity contribution < 1.29 is 14.0 Å². The maximum atomic E-state index is 12.8. The fraction of sp³-hybridized carbons (Fsp3) is 0.467. The normalized spacial score (nSPS) is 22.9. The Morgan fingerprint density at radius 1 is 1.35 bits per heavy atom. The Hall–Kier alpha value is -1.75. The summed E-state index contributed by atoms with van der Waals surface area (Å²) >= 11 is 0. The second-order valence-corrected chi connectivity index (χ2v) is 5.63. The number of rotatable bonds is 5. The Morgan fingerprint density at radius 3 is 2.55 bits per heavy atom. The van der Waals surface area contributed by atoms with Crippen molar-refractivity contribution in [1.82, 2.24) is 4.90 Å². The molecule has 0 radical (unpaired) electrons. The van der Waals surface area contributed by atoms with Crippen molar-refractivity contribution >= 4 is 11.7 Å². The zero-order valence-electron chi connectivity index (χ0n) is 11.6. The first-order chi connectivity index (χ1) is 9.40. The number of primary amides is 1. The van der Waals surface area contributed by atoms with Crippen molar-refractivity contribution in [2.45, 2.75) is 19.8 Å². The Bertz CT molecular complexity index is 515. The number of benzene rings is 1. The topological polar surface area (TPSA) is 63.4 Å². The molecule has 1 fully saturated rings. The SMILES string of the molecule is CC1(C(N)=O)CCN(CCC(=O)c2ccc(F)cc2)C1. The molecule has 1 amide bonds. The summed E-state index contributed by atoms with van der Waals surface area (Å²) < 4.78 is 12.8. The number of hydrogen-bond acceptors (Lipinski definition) is 3. The molecule has 1 unspecified atom stereocenters. The molecule has 108 valence electrons. The lowest BCUT2D eigenvalue weighted by molar-refractivity contribution is -0.126. The van der Waals surface area contributed by atoms with Crippen LogP contribution in [0.2, 0.25) is 0 Å². The van der Waals surface area contributed by atoms with Gasteiger partial charge in [-0.25, -0.2) is 4.39 Å². The predicted molar refractivity (Wildman–Crippen MR) is 73.7 cm³/mol. The lowest BCUT2D eigenvalue weighted by Gasteiger charge is -2.20. The summed E-state index contributed by atoms with van der Waals surface area (Å²) in [4.78, 5) is 25.4. The number of halogens is 1. The lowest BCUT2D eigenvalue weighted by atomic mass is 9.89.